The Bertz CT molecular complexity index is 305. The summed E-state index contributed by atoms with van der Waals surface area (Å²) in [6.45, 7) is 4.13. The summed E-state index contributed by atoms with van der Waals surface area (Å²) in [7, 11) is 1.58. The van der Waals surface area contributed by atoms with Crippen molar-refractivity contribution in [2.75, 3.05) is 13.7 Å². The van der Waals surface area contributed by atoms with Crippen molar-refractivity contribution in [1.82, 2.24) is 0 Å². The van der Waals surface area contributed by atoms with Gasteiger partial charge in [-0.1, -0.05) is 13.0 Å². The van der Waals surface area contributed by atoms with Crippen molar-refractivity contribution in [3.05, 3.63) is 35.1 Å². The third kappa shape index (κ3) is 3.29. The van der Waals surface area contributed by atoms with E-state index in [2.05, 4.69) is 0 Å². The number of hydrogen-bond donors (Lipinski definition) is 1. The summed E-state index contributed by atoms with van der Waals surface area (Å²) in [6, 6.07) is 4.60. The van der Waals surface area contributed by atoms with Gasteiger partial charge < -0.3 is 9.84 Å². The fourth-order valence-corrected chi connectivity index (χ4v) is 1.62. The molecule has 2 unspecified atom stereocenters. The Morgan fingerprint density at radius 3 is 2.60 bits per heavy atom. The molecule has 0 amide bonds. The van der Waals surface area contributed by atoms with E-state index in [0.717, 1.165) is 5.56 Å². The predicted octanol–water partition coefficient (Wildman–Crippen LogP) is 2.45. The molecule has 0 aliphatic carbocycles. The molecule has 84 valence electrons. The summed E-state index contributed by atoms with van der Waals surface area (Å²) in [5, 5.41) is 9.92. The van der Waals surface area contributed by atoms with E-state index < -0.39 is 6.10 Å². The number of methoxy groups -OCH3 is 1. The second kappa shape index (κ2) is 5.24. The quantitative estimate of drug-likeness (QED) is 0.830. The summed E-state index contributed by atoms with van der Waals surface area (Å²) in [5.41, 5.74) is 1.42. The lowest BCUT2D eigenvalue weighted by molar-refractivity contribution is 0.0564. The number of rotatable bonds is 4. The molecule has 0 aliphatic rings. The van der Waals surface area contributed by atoms with Crippen LogP contribution in [0.5, 0.6) is 0 Å². The zero-order valence-corrected chi connectivity index (χ0v) is 9.33. The highest BCUT2D eigenvalue weighted by Gasteiger charge is 2.17. The molecule has 2 nitrogen and oxygen atoms in total. The van der Waals surface area contributed by atoms with E-state index in [1.807, 2.05) is 6.92 Å². The molecule has 0 spiro atoms. The van der Waals surface area contributed by atoms with E-state index in [9.17, 15) is 9.50 Å². The molecule has 0 fully saturated rings. The molecule has 15 heavy (non-hydrogen) atoms. The van der Waals surface area contributed by atoms with Gasteiger partial charge in [0, 0.05) is 13.0 Å². The van der Waals surface area contributed by atoms with Gasteiger partial charge in [0.15, 0.2) is 0 Å². The SMILES string of the molecule is COCC(C)C(O)c1cc(C)cc(F)c1. The van der Waals surface area contributed by atoms with Crippen LogP contribution >= 0.6 is 0 Å². The Labute approximate surface area is 89.7 Å². The zero-order valence-electron chi connectivity index (χ0n) is 9.33. The van der Waals surface area contributed by atoms with Gasteiger partial charge >= 0.3 is 0 Å². The first kappa shape index (κ1) is 12.1. The number of halogens is 1. The zero-order chi connectivity index (χ0) is 11.4. The predicted molar refractivity (Wildman–Crippen MR) is 57.1 cm³/mol. The van der Waals surface area contributed by atoms with Gasteiger partial charge in [0.05, 0.1) is 12.7 Å². The molecule has 0 bridgehead atoms. The van der Waals surface area contributed by atoms with Crippen LogP contribution < -0.4 is 0 Å². The third-order valence-corrected chi connectivity index (χ3v) is 2.37. The summed E-state index contributed by atoms with van der Waals surface area (Å²) < 4.78 is 18.0. The van der Waals surface area contributed by atoms with Gasteiger partial charge in [0.2, 0.25) is 0 Å². The molecule has 0 aromatic heterocycles. The first-order valence-corrected chi connectivity index (χ1v) is 4.98. The average molecular weight is 212 g/mol. The first-order chi connectivity index (χ1) is 7.04. The van der Waals surface area contributed by atoms with Gasteiger partial charge in [-0.2, -0.15) is 0 Å². The monoisotopic (exact) mass is 212 g/mol. The van der Waals surface area contributed by atoms with Crippen molar-refractivity contribution in [3.8, 4) is 0 Å². The Balaban J connectivity index is 2.85. The maximum atomic E-state index is 13.1. The second-order valence-electron chi connectivity index (χ2n) is 3.94. The smallest absolute Gasteiger partial charge is 0.123 e. The van der Waals surface area contributed by atoms with Gasteiger partial charge in [-0.25, -0.2) is 4.39 Å². The highest BCUT2D eigenvalue weighted by molar-refractivity contribution is 5.25. The van der Waals surface area contributed by atoms with Gasteiger partial charge in [0.25, 0.3) is 0 Å². The fraction of sp³-hybridized carbons (Fsp3) is 0.500. The lowest BCUT2D eigenvalue weighted by Gasteiger charge is -2.18. The second-order valence-corrected chi connectivity index (χ2v) is 3.94. The van der Waals surface area contributed by atoms with Crippen LogP contribution in [0.25, 0.3) is 0 Å². The number of aryl methyl sites for hydroxylation is 1. The molecule has 1 aromatic carbocycles. The van der Waals surface area contributed by atoms with E-state index in [1.165, 1.54) is 12.1 Å². The van der Waals surface area contributed by atoms with Gasteiger partial charge in [0.1, 0.15) is 5.82 Å². The molecular weight excluding hydrogens is 195 g/mol. The number of hydrogen-bond acceptors (Lipinski definition) is 2. The molecule has 0 radical (unpaired) electrons. The minimum Gasteiger partial charge on any atom is -0.388 e. The Morgan fingerprint density at radius 1 is 1.40 bits per heavy atom. The third-order valence-electron chi connectivity index (χ3n) is 2.37. The molecule has 0 saturated carbocycles. The molecule has 2 atom stereocenters. The Hall–Kier alpha value is -0.930. The van der Waals surface area contributed by atoms with Crippen molar-refractivity contribution in [3.63, 3.8) is 0 Å². The highest BCUT2D eigenvalue weighted by Crippen LogP contribution is 2.23. The summed E-state index contributed by atoms with van der Waals surface area (Å²) in [5.74, 6) is -0.357. The summed E-state index contributed by atoms with van der Waals surface area (Å²) in [6.07, 6.45) is -0.681. The van der Waals surface area contributed by atoms with Crippen LogP contribution in [0.2, 0.25) is 0 Å². The molecule has 0 aliphatic heterocycles. The molecule has 1 N–H and O–H groups in total. The topological polar surface area (TPSA) is 29.5 Å². The molecular formula is C12H17FO2. The van der Waals surface area contributed by atoms with Crippen molar-refractivity contribution in [2.24, 2.45) is 5.92 Å². The van der Waals surface area contributed by atoms with Crippen LogP contribution in [0.3, 0.4) is 0 Å². The minimum atomic E-state index is -0.681. The van der Waals surface area contributed by atoms with Gasteiger partial charge in [-0.15, -0.1) is 0 Å². The van der Waals surface area contributed by atoms with E-state index in [-0.39, 0.29) is 11.7 Å². The molecule has 1 aromatic rings. The molecule has 0 saturated heterocycles. The van der Waals surface area contributed by atoms with Crippen LogP contribution in [0, 0.1) is 18.7 Å². The summed E-state index contributed by atoms with van der Waals surface area (Å²) in [4.78, 5) is 0. The number of ether oxygens (including phenoxy) is 1. The number of benzene rings is 1. The van der Waals surface area contributed by atoms with Crippen molar-refractivity contribution in [1.29, 1.82) is 0 Å². The molecule has 3 heteroatoms. The largest absolute Gasteiger partial charge is 0.388 e. The maximum absolute atomic E-state index is 13.1. The number of aliphatic hydroxyl groups is 1. The van der Waals surface area contributed by atoms with Crippen LogP contribution in [-0.2, 0) is 4.74 Å². The fourth-order valence-electron chi connectivity index (χ4n) is 1.62. The van der Waals surface area contributed by atoms with Crippen molar-refractivity contribution >= 4 is 0 Å². The standard InChI is InChI=1S/C12H17FO2/c1-8-4-10(6-11(13)5-8)12(14)9(2)7-15-3/h4-6,9,12,14H,7H2,1-3H3. The van der Waals surface area contributed by atoms with E-state index in [1.54, 1.807) is 20.1 Å². The Kier molecular flexibility index (Phi) is 4.24. The van der Waals surface area contributed by atoms with Gasteiger partial charge in [-0.05, 0) is 30.2 Å². The van der Waals surface area contributed by atoms with Crippen molar-refractivity contribution in [2.45, 2.75) is 20.0 Å². The van der Waals surface area contributed by atoms with Crippen LogP contribution in [0.1, 0.15) is 24.2 Å². The average Bonchev–Trinajstić information content (AvgIpc) is 2.15. The molecule has 1 rings (SSSR count). The van der Waals surface area contributed by atoms with E-state index in [4.69, 9.17) is 4.74 Å². The lowest BCUT2D eigenvalue weighted by atomic mass is 9.97. The summed E-state index contributed by atoms with van der Waals surface area (Å²) >= 11 is 0. The van der Waals surface area contributed by atoms with Crippen LogP contribution in [0.15, 0.2) is 18.2 Å². The highest BCUT2D eigenvalue weighted by atomic mass is 19.1. The van der Waals surface area contributed by atoms with Crippen molar-refractivity contribution < 1.29 is 14.2 Å². The van der Waals surface area contributed by atoms with Gasteiger partial charge in [-0.3, -0.25) is 0 Å². The lowest BCUT2D eigenvalue weighted by Crippen LogP contribution is -2.14. The normalized spacial score (nSPS) is 15.0. The van der Waals surface area contributed by atoms with Crippen LogP contribution in [-0.4, -0.2) is 18.8 Å². The number of aliphatic hydroxyl groups excluding tert-OH is 1. The van der Waals surface area contributed by atoms with E-state index in [0.29, 0.717) is 12.2 Å². The maximum Gasteiger partial charge on any atom is 0.123 e. The minimum absolute atomic E-state index is 0.0452. The Morgan fingerprint density at radius 2 is 2.07 bits per heavy atom. The first-order valence-electron chi connectivity index (χ1n) is 4.98. The molecule has 0 heterocycles. The van der Waals surface area contributed by atoms with Crippen LogP contribution in [0.4, 0.5) is 4.39 Å². The van der Waals surface area contributed by atoms with E-state index >= 15 is 0 Å².